The summed E-state index contributed by atoms with van der Waals surface area (Å²) in [6, 6.07) is 30.1. The Bertz CT molecular complexity index is 1680. The summed E-state index contributed by atoms with van der Waals surface area (Å²) in [6.45, 7) is 6.13. The van der Waals surface area contributed by atoms with Crippen molar-refractivity contribution in [3.05, 3.63) is 131 Å². The molecule has 0 saturated heterocycles. The first-order valence-corrected chi connectivity index (χ1v) is 15.5. The molecule has 0 aliphatic carbocycles. The molecule has 1 atom stereocenters. The molecule has 0 fully saturated rings. The van der Waals surface area contributed by atoms with Gasteiger partial charge in [0.25, 0.3) is 11.8 Å². The van der Waals surface area contributed by atoms with Crippen molar-refractivity contribution in [2.24, 2.45) is 5.73 Å². The molecule has 4 aromatic carbocycles. The molecule has 1 unspecified atom stereocenters. The van der Waals surface area contributed by atoms with E-state index in [1.54, 1.807) is 72.8 Å². The molecular formula is C36H36N4O4S. The Labute approximate surface area is 267 Å². The fourth-order valence-corrected chi connectivity index (χ4v) is 5.37. The fraction of sp³-hybridized carbons (Fsp3) is 0.167. The van der Waals surface area contributed by atoms with E-state index in [0.29, 0.717) is 34.8 Å². The van der Waals surface area contributed by atoms with Crippen molar-refractivity contribution in [2.75, 3.05) is 10.6 Å². The molecule has 9 heteroatoms. The maximum atomic E-state index is 13.5. The monoisotopic (exact) mass is 620 g/mol. The summed E-state index contributed by atoms with van der Waals surface area (Å²) in [7, 11) is 0. The van der Waals surface area contributed by atoms with Gasteiger partial charge in [-0.2, -0.15) is 0 Å². The fourth-order valence-electron chi connectivity index (χ4n) is 4.36. The van der Waals surface area contributed by atoms with Gasteiger partial charge < -0.3 is 21.7 Å². The highest BCUT2D eigenvalue weighted by Gasteiger charge is 2.20. The molecule has 8 nitrogen and oxygen atoms in total. The Hall–Kier alpha value is -5.15. The summed E-state index contributed by atoms with van der Waals surface area (Å²) in [5.41, 5.74) is 9.17. The van der Waals surface area contributed by atoms with Crippen molar-refractivity contribution in [1.82, 2.24) is 5.32 Å². The van der Waals surface area contributed by atoms with Crippen molar-refractivity contribution >= 4 is 52.8 Å². The molecule has 0 spiro atoms. The molecule has 0 aromatic heterocycles. The summed E-state index contributed by atoms with van der Waals surface area (Å²) in [5, 5.41) is 8.12. The van der Waals surface area contributed by atoms with Crippen molar-refractivity contribution < 1.29 is 19.2 Å². The van der Waals surface area contributed by atoms with Crippen LogP contribution in [-0.2, 0) is 9.59 Å². The van der Waals surface area contributed by atoms with Gasteiger partial charge in [0.15, 0.2) is 0 Å². The third-order valence-corrected chi connectivity index (χ3v) is 8.27. The molecule has 0 bridgehead atoms. The number of hydrogen-bond acceptors (Lipinski definition) is 5. The number of anilines is 2. The molecule has 0 heterocycles. The van der Waals surface area contributed by atoms with Gasteiger partial charge >= 0.3 is 0 Å². The topological polar surface area (TPSA) is 130 Å². The summed E-state index contributed by atoms with van der Waals surface area (Å²) >= 11 is 1.37. The highest BCUT2D eigenvalue weighted by Crippen LogP contribution is 2.29. The van der Waals surface area contributed by atoms with Gasteiger partial charge in [0.05, 0.1) is 5.25 Å². The van der Waals surface area contributed by atoms with E-state index in [1.165, 1.54) is 17.3 Å². The molecule has 4 rings (SSSR count). The summed E-state index contributed by atoms with van der Waals surface area (Å²) in [4.78, 5) is 51.7. The highest BCUT2D eigenvalue weighted by atomic mass is 32.2. The summed E-state index contributed by atoms with van der Waals surface area (Å²) in [6.07, 6.45) is 2.20. The first-order chi connectivity index (χ1) is 21.6. The lowest BCUT2D eigenvalue weighted by atomic mass is 10.0. The largest absolute Gasteiger partial charge is 0.366 e. The number of primary amides is 1. The average molecular weight is 621 g/mol. The number of thioether (sulfide) groups is 1. The maximum absolute atomic E-state index is 13.5. The van der Waals surface area contributed by atoms with Crippen LogP contribution in [0.25, 0.3) is 6.08 Å². The van der Waals surface area contributed by atoms with E-state index in [1.807, 2.05) is 43.3 Å². The van der Waals surface area contributed by atoms with Gasteiger partial charge in [-0.1, -0.05) is 69.3 Å². The van der Waals surface area contributed by atoms with E-state index < -0.39 is 23.0 Å². The minimum absolute atomic E-state index is 0.0902. The molecule has 0 aliphatic heterocycles. The molecular weight excluding hydrogens is 584 g/mol. The van der Waals surface area contributed by atoms with Crippen molar-refractivity contribution in [3.8, 4) is 0 Å². The minimum atomic E-state index is -0.539. The maximum Gasteiger partial charge on any atom is 0.272 e. The van der Waals surface area contributed by atoms with Gasteiger partial charge in [-0.25, -0.2) is 0 Å². The molecule has 230 valence electrons. The van der Waals surface area contributed by atoms with Crippen LogP contribution >= 0.6 is 11.8 Å². The number of hydrogen-bond donors (Lipinski definition) is 4. The van der Waals surface area contributed by atoms with E-state index in [9.17, 15) is 19.2 Å². The molecule has 0 radical (unpaired) electrons. The Morgan fingerprint density at radius 2 is 1.47 bits per heavy atom. The van der Waals surface area contributed by atoms with E-state index in [-0.39, 0.29) is 11.6 Å². The number of benzene rings is 4. The molecule has 5 N–H and O–H groups in total. The predicted octanol–water partition coefficient (Wildman–Crippen LogP) is 6.83. The smallest absolute Gasteiger partial charge is 0.272 e. The van der Waals surface area contributed by atoms with E-state index in [0.717, 1.165) is 10.5 Å². The van der Waals surface area contributed by atoms with Gasteiger partial charge in [0, 0.05) is 27.4 Å². The van der Waals surface area contributed by atoms with Crippen LogP contribution in [0.4, 0.5) is 11.4 Å². The number of nitrogens with one attached hydrogen (secondary N) is 3. The lowest BCUT2D eigenvalue weighted by Crippen LogP contribution is -2.30. The van der Waals surface area contributed by atoms with Gasteiger partial charge in [0.2, 0.25) is 11.8 Å². The lowest BCUT2D eigenvalue weighted by molar-refractivity contribution is -0.116. The molecule has 4 aromatic rings. The van der Waals surface area contributed by atoms with Crippen molar-refractivity contribution in [3.63, 3.8) is 0 Å². The SMILES string of the molecule is CCC(Sc1cccc(NC(=O)/C(=C\c2ccc(C(C)C)cc2)NC(=O)c2ccccc2)c1)C(=O)Nc1ccc(C(N)=O)cc1. The van der Waals surface area contributed by atoms with E-state index in [4.69, 9.17) is 5.73 Å². The van der Waals surface area contributed by atoms with Crippen molar-refractivity contribution in [1.29, 1.82) is 0 Å². The van der Waals surface area contributed by atoms with Gasteiger partial charge in [-0.15, -0.1) is 11.8 Å². The molecule has 4 amide bonds. The number of rotatable bonds is 12. The van der Waals surface area contributed by atoms with Crippen LogP contribution in [0.3, 0.4) is 0 Å². The van der Waals surface area contributed by atoms with Crippen LogP contribution < -0.4 is 21.7 Å². The van der Waals surface area contributed by atoms with Crippen LogP contribution in [0, 0.1) is 0 Å². The minimum Gasteiger partial charge on any atom is -0.366 e. The second-order valence-electron chi connectivity index (χ2n) is 10.6. The number of carbonyl (C=O) groups is 4. The quantitative estimate of drug-likeness (QED) is 0.102. The Balaban J connectivity index is 1.49. The second-order valence-corrected chi connectivity index (χ2v) is 11.9. The van der Waals surface area contributed by atoms with Crippen LogP contribution in [0.5, 0.6) is 0 Å². The first-order valence-electron chi connectivity index (χ1n) is 14.6. The Kier molecular flexibility index (Phi) is 11.3. The Morgan fingerprint density at radius 1 is 0.778 bits per heavy atom. The third kappa shape index (κ3) is 9.42. The normalized spacial score (nSPS) is 11.9. The lowest BCUT2D eigenvalue weighted by Gasteiger charge is -2.16. The first kappa shape index (κ1) is 32.8. The highest BCUT2D eigenvalue weighted by molar-refractivity contribution is 8.00. The molecule has 45 heavy (non-hydrogen) atoms. The van der Waals surface area contributed by atoms with Crippen LogP contribution in [0.1, 0.15) is 65.0 Å². The van der Waals surface area contributed by atoms with Crippen molar-refractivity contribution in [2.45, 2.75) is 43.3 Å². The van der Waals surface area contributed by atoms with Crippen LogP contribution in [0.2, 0.25) is 0 Å². The summed E-state index contributed by atoms with van der Waals surface area (Å²) < 4.78 is 0. The number of nitrogens with two attached hydrogens (primary N) is 1. The van der Waals surface area contributed by atoms with Gasteiger partial charge in [-0.05, 0) is 84.1 Å². The Morgan fingerprint density at radius 3 is 2.09 bits per heavy atom. The standard InChI is InChI=1S/C36H36N4O4S/c1-4-32(36(44)38-28-19-17-26(18-20-28)33(37)41)45-30-12-8-11-29(22-30)39-35(43)31(40-34(42)27-9-6-5-7-10-27)21-24-13-15-25(16-14-24)23(2)3/h5-23,32H,4H2,1-3H3,(H2,37,41)(H,38,44)(H,39,43)(H,40,42)/b31-21+. The van der Waals surface area contributed by atoms with Crippen LogP contribution in [-0.4, -0.2) is 28.9 Å². The van der Waals surface area contributed by atoms with E-state index >= 15 is 0 Å². The number of amides is 4. The van der Waals surface area contributed by atoms with E-state index in [2.05, 4.69) is 29.8 Å². The molecule has 0 aliphatic rings. The van der Waals surface area contributed by atoms with Gasteiger partial charge in [-0.3, -0.25) is 19.2 Å². The molecule has 0 saturated carbocycles. The number of carbonyl (C=O) groups excluding carboxylic acids is 4. The average Bonchev–Trinajstić information content (AvgIpc) is 3.04. The predicted molar refractivity (Wildman–Crippen MR) is 181 cm³/mol. The zero-order valence-corrected chi connectivity index (χ0v) is 26.2. The second kappa shape index (κ2) is 15.5. The summed E-state index contributed by atoms with van der Waals surface area (Å²) in [5.74, 6) is -1.26. The third-order valence-electron chi connectivity index (χ3n) is 6.91. The van der Waals surface area contributed by atoms with Crippen LogP contribution in [0.15, 0.2) is 114 Å². The van der Waals surface area contributed by atoms with Gasteiger partial charge in [0.1, 0.15) is 5.70 Å². The zero-order chi connectivity index (χ0) is 32.3. The zero-order valence-electron chi connectivity index (χ0n) is 25.4.